The number of methoxy groups -OCH3 is 1. The van der Waals surface area contributed by atoms with Crippen molar-refractivity contribution in [3.8, 4) is 5.75 Å². The number of ether oxygens (including phenoxy) is 1. The number of rotatable bonds is 6. The van der Waals surface area contributed by atoms with Gasteiger partial charge >= 0.3 is 0 Å². The normalized spacial score (nSPS) is 10.9. The number of halogens is 1. The third-order valence-electron chi connectivity index (χ3n) is 3.55. The molecule has 0 bridgehead atoms. The Kier molecular flexibility index (Phi) is 5.78. The number of benzene rings is 1. The van der Waals surface area contributed by atoms with E-state index in [0.717, 1.165) is 14.2 Å². The molecule has 3 rings (SSSR count). The zero-order valence-electron chi connectivity index (χ0n) is 13.6. The van der Waals surface area contributed by atoms with Crippen LogP contribution in [0.3, 0.4) is 0 Å². The van der Waals surface area contributed by atoms with Crippen molar-refractivity contribution in [2.24, 2.45) is 0 Å². The molecule has 26 heavy (non-hydrogen) atoms. The Labute approximate surface area is 166 Å². The Morgan fingerprint density at radius 3 is 3.00 bits per heavy atom. The summed E-state index contributed by atoms with van der Waals surface area (Å²) in [7, 11) is 1.61. The van der Waals surface area contributed by atoms with Crippen molar-refractivity contribution in [1.29, 1.82) is 0 Å². The zero-order chi connectivity index (χ0) is 18.7. The van der Waals surface area contributed by atoms with Gasteiger partial charge in [0.15, 0.2) is 22.1 Å². The number of nitrogen functional groups attached to an aromatic ring is 1. The van der Waals surface area contributed by atoms with E-state index in [-0.39, 0.29) is 18.8 Å². The van der Waals surface area contributed by atoms with Gasteiger partial charge in [-0.05, 0) is 40.8 Å². The average molecular weight is 486 g/mol. The highest BCUT2D eigenvalue weighted by atomic mass is 127. The van der Waals surface area contributed by atoms with Crippen LogP contribution in [0.4, 0.5) is 5.82 Å². The van der Waals surface area contributed by atoms with Crippen molar-refractivity contribution in [3.05, 3.63) is 28.1 Å². The molecule has 1 amide bonds. The molecule has 3 aromatic rings. The Morgan fingerprint density at radius 2 is 2.27 bits per heavy atom. The second-order valence-corrected chi connectivity index (χ2v) is 7.33. The predicted octanol–water partition coefficient (Wildman–Crippen LogP) is 2.07. The van der Waals surface area contributed by atoms with Crippen LogP contribution in [0.25, 0.3) is 11.2 Å². The molecule has 0 aliphatic rings. The summed E-state index contributed by atoms with van der Waals surface area (Å²) >= 11 is 3.64. The number of carbonyl (C=O) groups excluding carboxylic acids is 1. The van der Waals surface area contributed by atoms with Gasteiger partial charge in [0.2, 0.25) is 5.91 Å². The Bertz CT molecular complexity index is 964. The smallest absolute Gasteiger partial charge is 0.245 e. The molecule has 0 radical (unpaired) electrons. The molecule has 0 spiro atoms. The van der Waals surface area contributed by atoms with Gasteiger partial charge in [0, 0.05) is 21.4 Å². The van der Waals surface area contributed by atoms with E-state index < -0.39 is 5.91 Å². The van der Waals surface area contributed by atoms with Crippen LogP contribution in [0, 0.1) is 3.57 Å². The summed E-state index contributed by atoms with van der Waals surface area (Å²) in [4.78, 5) is 25.1. The lowest BCUT2D eigenvalue weighted by Crippen LogP contribution is -2.20. The fourth-order valence-electron chi connectivity index (χ4n) is 2.27. The molecule has 1 aromatic carbocycles. The maximum Gasteiger partial charge on any atom is 0.245 e. The van der Waals surface area contributed by atoms with Crippen molar-refractivity contribution in [2.75, 3.05) is 12.8 Å². The van der Waals surface area contributed by atoms with E-state index in [2.05, 4.69) is 37.5 Å². The number of aromatic nitrogens is 4. The average Bonchev–Trinajstić information content (AvgIpc) is 3.00. The number of aryl methyl sites for hydroxylation is 1. The number of hydrogen-bond acceptors (Lipinski definition) is 8. The van der Waals surface area contributed by atoms with Crippen molar-refractivity contribution in [2.45, 2.75) is 23.0 Å². The van der Waals surface area contributed by atoms with Crippen LogP contribution in [0.1, 0.15) is 6.42 Å². The van der Waals surface area contributed by atoms with Gasteiger partial charge < -0.3 is 15.0 Å². The number of hydrogen-bond donors (Lipinski definition) is 3. The van der Waals surface area contributed by atoms with E-state index in [0.29, 0.717) is 16.3 Å². The van der Waals surface area contributed by atoms with Crippen LogP contribution in [-0.2, 0) is 11.3 Å². The highest BCUT2D eigenvalue weighted by Gasteiger charge is 2.18. The van der Waals surface area contributed by atoms with E-state index >= 15 is 0 Å². The van der Waals surface area contributed by atoms with Gasteiger partial charge in [0.1, 0.15) is 12.1 Å². The number of nitrogens with zero attached hydrogens (tertiary/aromatic N) is 4. The topological polar surface area (TPSA) is 128 Å². The van der Waals surface area contributed by atoms with Gasteiger partial charge in [-0.15, -0.1) is 0 Å². The second-order valence-electron chi connectivity index (χ2n) is 5.16. The van der Waals surface area contributed by atoms with Crippen molar-refractivity contribution in [3.63, 3.8) is 0 Å². The number of carbonyl (C=O) groups is 1. The first-order valence-corrected chi connectivity index (χ1v) is 9.34. The molecule has 2 aromatic heterocycles. The van der Waals surface area contributed by atoms with Gasteiger partial charge in [0.25, 0.3) is 0 Å². The van der Waals surface area contributed by atoms with Crippen LogP contribution >= 0.6 is 34.4 Å². The van der Waals surface area contributed by atoms with Crippen LogP contribution in [0.15, 0.2) is 34.6 Å². The molecule has 2 heterocycles. The largest absolute Gasteiger partial charge is 0.497 e. The van der Waals surface area contributed by atoms with Crippen LogP contribution in [0.5, 0.6) is 5.75 Å². The molecule has 9 nitrogen and oxygen atoms in total. The van der Waals surface area contributed by atoms with E-state index in [1.807, 2.05) is 18.2 Å². The first-order valence-electron chi connectivity index (χ1n) is 7.44. The van der Waals surface area contributed by atoms with Crippen LogP contribution in [-0.4, -0.2) is 37.7 Å². The van der Waals surface area contributed by atoms with Gasteiger partial charge in [-0.25, -0.2) is 20.4 Å². The Hall–Kier alpha value is -2.12. The third kappa shape index (κ3) is 3.83. The summed E-state index contributed by atoms with van der Waals surface area (Å²) in [6.45, 7) is 0.280. The molecule has 0 fully saturated rings. The lowest BCUT2D eigenvalue weighted by Gasteiger charge is -2.09. The zero-order valence-corrected chi connectivity index (χ0v) is 16.6. The number of anilines is 1. The molecule has 0 aliphatic heterocycles. The summed E-state index contributed by atoms with van der Waals surface area (Å²) < 4.78 is 8.09. The number of fused-ring (bicyclic) bond motifs is 1. The lowest BCUT2D eigenvalue weighted by molar-refractivity contribution is -0.129. The van der Waals surface area contributed by atoms with Crippen LogP contribution in [0.2, 0.25) is 0 Å². The standard InChI is InChI=1S/C15H15IN6O3S/c1-25-8-2-3-9(16)10(6-8)26-15-20-12-13(17)18-7-19-14(12)22(15)5-4-11(23)21-24/h2-3,6-7,24H,4-5H2,1H3,(H,21,23)(H2,17,18,19). The molecule has 4 N–H and O–H groups in total. The minimum atomic E-state index is -0.499. The molecule has 0 aliphatic carbocycles. The summed E-state index contributed by atoms with van der Waals surface area (Å²) in [5.74, 6) is 0.498. The lowest BCUT2D eigenvalue weighted by atomic mass is 10.3. The summed E-state index contributed by atoms with van der Waals surface area (Å²) in [6, 6.07) is 5.73. The van der Waals surface area contributed by atoms with Crippen molar-refractivity contribution < 1.29 is 14.7 Å². The molecule has 0 atom stereocenters. The fourth-order valence-corrected chi connectivity index (χ4v) is 3.90. The maximum absolute atomic E-state index is 11.4. The predicted molar refractivity (Wildman–Crippen MR) is 104 cm³/mol. The molecule has 136 valence electrons. The van der Waals surface area contributed by atoms with Gasteiger partial charge in [-0.1, -0.05) is 11.8 Å². The molecule has 0 saturated heterocycles. The van der Waals surface area contributed by atoms with Gasteiger partial charge in [-0.3, -0.25) is 10.0 Å². The van der Waals surface area contributed by atoms with Gasteiger partial charge in [-0.2, -0.15) is 0 Å². The van der Waals surface area contributed by atoms with Crippen molar-refractivity contribution >= 4 is 57.2 Å². The highest BCUT2D eigenvalue weighted by molar-refractivity contribution is 14.1. The van der Waals surface area contributed by atoms with E-state index in [9.17, 15) is 4.79 Å². The van der Waals surface area contributed by atoms with E-state index in [1.165, 1.54) is 18.1 Å². The van der Waals surface area contributed by atoms with Crippen LogP contribution < -0.4 is 16.0 Å². The monoisotopic (exact) mass is 486 g/mol. The minimum absolute atomic E-state index is 0.0641. The molecule has 11 heteroatoms. The number of imidazole rings is 1. The number of hydroxylamine groups is 1. The molecular weight excluding hydrogens is 471 g/mol. The summed E-state index contributed by atoms with van der Waals surface area (Å²) in [5, 5.41) is 9.34. The van der Waals surface area contributed by atoms with E-state index in [4.69, 9.17) is 15.7 Å². The first kappa shape index (κ1) is 18.7. The third-order valence-corrected chi connectivity index (χ3v) is 5.91. The number of amides is 1. The highest BCUT2D eigenvalue weighted by Crippen LogP contribution is 2.35. The SMILES string of the molecule is COc1ccc(I)c(Sc2nc3c(N)ncnc3n2CCC(=O)NO)c1. The first-order chi connectivity index (χ1) is 12.5. The summed E-state index contributed by atoms with van der Waals surface area (Å²) in [6.07, 6.45) is 1.42. The molecule has 0 saturated carbocycles. The van der Waals surface area contributed by atoms with Gasteiger partial charge in [0.05, 0.1) is 7.11 Å². The van der Waals surface area contributed by atoms with E-state index in [1.54, 1.807) is 17.2 Å². The Morgan fingerprint density at radius 1 is 1.46 bits per heavy atom. The molecular formula is C15H15IN6O3S. The molecule has 0 unspecified atom stereocenters. The number of nitrogens with two attached hydrogens (primary N) is 1. The minimum Gasteiger partial charge on any atom is -0.497 e. The number of nitrogens with one attached hydrogen (secondary N) is 1. The van der Waals surface area contributed by atoms with Crippen molar-refractivity contribution in [1.82, 2.24) is 25.0 Å². The fraction of sp³-hybridized carbons (Fsp3) is 0.200. The quantitative estimate of drug-likeness (QED) is 0.275. The second kappa shape index (κ2) is 8.05. The summed E-state index contributed by atoms with van der Waals surface area (Å²) in [5.41, 5.74) is 8.54. The Balaban J connectivity index is 2.04. The maximum atomic E-state index is 11.4.